The van der Waals surface area contributed by atoms with Gasteiger partial charge in [-0.2, -0.15) is 4.80 Å². The topological polar surface area (TPSA) is 128 Å². The minimum absolute atomic E-state index is 0.109. The zero-order valence-electron chi connectivity index (χ0n) is 20.3. The summed E-state index contributed by atoms with van der Waals surface area (Å²) in [5, 5.41) is 8.86. The Labute approximate surface area is 194 Å². The number of methoxy groups -OCH3 is 2. The number of carbonyl (C=O) groups excluding carboxylic acids is 2. The quantitative estimate of drug-likeness (QED) is 0.270. The molecule has 0 aliphatic rings. The molecule has 0 aliphatic carbocycles. The fourth-order valence-electron chi connectivity index (χ4n) is 3.77. The lowest BCUT2D eigenvalue weighted by Gasteiger charge is -2.32. The number of ether oxygens (including phenoxy) is 4. The number of carbonyl (C=O) groups is 2. The van der Waals surface area contributed by atoms with Gasteiger partial charge in [0.2, 0.25) is 11.5 Å². The van der Waals surface area contributed by atoms with Crippen LogP contribution in [0.25, 0.3) is 0 Å². The van der Waals surface area contributed by atoms with Crippen LogP contribution < -0.4 is 15.2 Å². The summed E-state index contributed by atoms with van der Waals surface area (Å²) in [5.41, 5.74) is 5.15. The molecule has 0 radical (unpaired) electrons. The molecule has 10 heteroatoms. The number of rotatable bonds is 13. The third-order valence-electron chi connectivity index (χ3n) is 5.16. The van der Waals surface area contributed by atoms with E-state index in [0.717, 1.165) is 12.8 Å². The standard InChI is InChI=1S/C23H34N4O6/c1-7-11-23(12-8-2,33-10-4)27-25-19(20(26-27)22(29)32-9-3)21(28)15-13-17(30-5)18(31-6)14-16(15)24/h13-14H,7-12,24H2,1-6H3. The van der Waals surface area contributed by atoms with E-state index in [2.05, 4.69) is 10.2 Å². The second kappa shape index (κ2) is 11.6. The van der Waals surface area contributed by atoms with E-state index in [9.17, 15) is 9.59 Å². The first-order valence-electron chi connectivity index (χ1n) is 11.2. The van der Waals surface area contributed by atoms with Crippen LogP contribution in [0.2, 0.25) is 0 Å². The van der Waals surface area contributed by atoms with Crippen LogP contribution in [0.5, 0.6) is 11.5 Å². The van der Waals surface area contributed by atoms with Gasteiger partial charge >= 0.3 is 5.97 Å². The first-order chi connectivity index (χ1) is 15.8. The first kappa shape index (κ1) is 26.1. The van der Waals surface area contributed by atoms with Crippen LogP contribution in [0.3, 0.4) is 0 Å². The molecule has 1 aromatic heterocycles. The van der Waals surface area contributed by atoms with Gasteiger partial charge < -0.3 is 24.7 Å². The molecule has 0 spiro atoms. The summed E-state index contributed by atoms with van der Waals surface area (Å²) >= 11 is 0. The van der Waals surface area contributed by atoms with Crippen LogP contribution in [0.1, 0.15) is 79.9 Å². The molecule has 0 aliphatic heterocycles. The van der Waals surface area contributed by atoms with Crippen molar-refractivity contribution in [2.45, 2.75) is 59.1 Å². The summed E-state index contributed by atoms with van der Waals surface area (Å²) in [7, 11) is 2.92. The molecule has 0 fully saturated rings. The fraction of sp³-hybridized carbons (Fsp3) is 0.565. The van der Waals surface area contributed by atoms with Crippen LogP contribution in [0.15, 0.2) is 12.1 Å². The third-order valence-corrected chi connectivity index (χ3v) is 5.16. The molecule has 0 atom stereocenters. The average Bonchev–Trinajstić information content (AvgIpc) is 3.25. The summed E-state index contributed by atoms with van der Waals surface area (Å²) < 4.78 is 21.8. The van der Waals surface area contributed by atoms with E-state index in [4.69, 9.17) is 24.7 Å². The van der Waals surface area contributed by atoms with Crippen molar-refractivity contribution in [2.75, 3.05) is 33.2 Å². The molecule has 182 valence electrons. The van der Waals surface area contributed by atoms with Gasteiger partial charge in [-0.3, -0.25) is 4.79 Å². The molecule has 0 saturated carbocycles. The van der Waals surface area contributed by atoms with E-state index in [1.165, 1.54) is 31.1 Å². The average molecular weight is 463 g/mol. The Morgan fingerprint density at radius 2 is 1.52 bits per heavy atom. The molecule has 1 aromatic carbocycles. The van der Waals surface area contributed by atoms with E-state index >= 15 is 0 Å². The van der Waals surface area contributed by atoms with Crippen molar-refractivity contribution in [1.29, 1.82) is 0 Å². The number of hydrogen-bond acceptors (Lipinski definition) is 9. The van der Waals surface area contributed by atoms with Crippen LogP contribution in [0.4, 0.5) is 5.69 Å². The predicted octanol–water partition coefficient (Wildman–Crippen LogP) is 3.57. The van der Waals surface area contributed by atoms with Crippen LogP contribution in [-0.4, -0.2) is 54.2 Å². The van der Waals surface area contributed by atoms with E-state index in [-0.39, 0.29) is 29.2 Å². The maximum Gasteiger partial charge on any atom is 0.361 e. The second-order valence-corrected chi connectivity index (χ2v) is 7.41. The zero-order chi connectivity index (χ0) is 24.6. The van der Waals surface area contributed by atoms with Gasteiger partial charge in [-0.25, -0.2) is 4.79 Å². The largest absolute Gasteiger partial charge is 0.493 e. The molecule has 2 aromatic rings. The molecule has 33 heavy (non-hydrogen) atoms. The van der Waals surface area contributed by atoms with Crippen molar-refractivity contribution < 1.29 is 28.5 Å². The van der Waals surface area contributed by atoms with E-state index in [0.29, 0.717) is 30.9 Å². The van der Waals surface area contributed by atoms with Gasteiger partial charge in [-0.15, -0.1) is 10.2 Å². The Kier molecular flexibility index (Phi) is 9.22. The van der Waals surface area contributed by atoms with Gasteiger partial charge in [0.25, 0.3) is 0 Å². The Bertz CT molecular complexity index is 955. The molecule has 0 amide bonds. The Morgan fingerprint density at radius 1 is 0.939 bits per heavy atom. The number of benzene rings is 1. The summed E-state index contributed by atoms with van der Waals surface area (Å²) in [6.07, 6.45) is 2.81. The predicted molar refractivity (Wildman–Crippen MR) is 123 cm³/mol. The second-order valence-electron chi connectivity index (χ2n) is 7.41. The Hall–Kier alpha value is -3.14. The first-order valence-corrected chi connectivity index (χ1v) is 11.2. The van der Waals surface area contributed by atoms with Crippen LogP contribution >= 0.6 is 0 Å². The number of nitrogen functional groups attached to an aromatic ring is 1. The molecule has 0 bridgehead atoms. The number of aromatic nitrogens is 3. The van der Waals surface area contributed by atoms with Gasteiger partial charge in [0.15, 0.2) is 22.9 Å². The normalized spacial score (nSPS) is 11.3. The molecule has 10 nitrogen and oxygen atoms in total. The van der Waals surface area contributed by atoms with Crippen molar-refractivity contribution in [3.63, 3.8) is 0 Å². The summed E-state index contributed by atoms with van der Waals surface area (Å²) in [6.45, 7) is 8.15. The monoisotopic (exact) mass is 462 g/mol. The van der Waals surface area contributed by atoms with Crippen molar-refractivity contribution in [1.82, 2.24) is 15.0 Å². The number of nitrogens with zero attached hydrogens (tertiary/aromatic N) is 3. The molecular formula is C23H34N4O6. The maximum absolute atomic E-state index is 13.5. The van der Waals surface area contributed by atoms with Crippen molar-refractivity contribution in [3.8, 4) is 11.5 Å². The zero-order valence-corrected chi connectivity index (χ0v) is 20.3. The number of ketones is 1. The van der Waals surface area contributed by atoms with Crippen LogP contribution in [-0.2, 0) is 15.2 Å². The van der Waals surface area contributed by atoms with Crippen molar-refractivity contribution in [3.05, 3.63) is 29.1 Å². The van der Waals surface area contributed by atoms with Gasteiger partial charge in [-0.05, 0) is 32.8 Å². The molecular weight excluding hydrogens is 428 g/mol. The summed E-state index contributed by atoms with van der Waals surface area (Å²) in [6, 6.07) is 2.94. The van der Waals surface area contributed by atoms with Gasteiger partial charge in [-0.1, -0.05) is 26.7 Å². The lowest BCUT2D eigenvalue weighted by atomic mass is 10.0. The minimum atomic E-state index is -0.888. The highest BCUT2D eigenvalue weighted by molar-refractivity contribution is 6.15. The summed E-state index contributed by atoms with van der Waals surface area (Å²) in [4.78, 5) is 27.6. The lowest BCUT2D eigenvalue weighted by molar-refractivity contribution is -0.133. The smallest absolute Gasteiger partial charge is 0.361 e. The Balaban J connectivity index is 2.70. The van der Waals surface area contributed by atoms with E-state index in [1.807, 2.05) is 20.8 Å². The van der Waals surface area contributed by atoms with Gasteiger partial charge in [0.05, 0.1) is 26.4 Å². The van der Waals surface area contributed by atoms with Gasteiger partial charge in [0, 0.05) is 18.4 Å². The molecule has 0 unspecified atom stereocenters. The molecule has 2 rings (SSSR count). The third kappa shape index (κ3) is 5.44. The maximum atomic E-state index is 13.5. The SMILES string of the molecule is CCCC(CCC)(OCC)n1nc(C(=O)OCC)c(C(=O)c2cc(OC)c(OC)cc2N)n1. The molecule has 2 N–H and O–H groups in total. The van der Waals surface area contributed by atoms with Gasteiger partial charge in [0.1, 0.15) is 0 Å². The van der Waals surface area contributed by atoms with Crippen LogP contribution in [0, 0.1) is 0 Å². The highest BCUT2D eigenvalue weighted by Gasteiger charge is 2.37. The highest BCUT2D eigenvalue weighted by Crippen LogP contribution is 2.34. The highest BCUT2D eigenvalue weighted by atomic mass is 16.5. The molecule has 0 saturated heterocycles. The summed E-state index contributed by atoms with van der Waals surface area (Å²) in [5.74, 6) is -0.631. The number of esters is 1. The number of anilines is 1. The minimum Gasteiger partial charge on any atom is -0.493 e. The fourth-order valence-corrected chi connectivity index (χ4v) is 3.77. The Morgan fingerprint density at radius 3 is 2.03 bits per heavy atom. The number of nitrogens with two attached hydrogens (primary N) is 1. The number of hydrogen-bond donors (Lipinski definition) is 1. The van der Waals surface area contributed by atoms with E-state index < -0.39 is 17.5 Å². The lowest BCUT2D eigenvalue weighted by Crippen LogP contribution is -2.39. The van der Waals surface area contributed by atoms with Crippen molar-refractivity contribution >= 4 is 17.4 Å². The van der Waals surface area contributed by atoms with Crippen molar-refractivity contribution in [2.24, 2.45) is 0 Å². The van der Waals surface area contributed by atoms with E-state index in [1.54, 1.807) is 6.92 Å². The molecule has 1 heterocycles.